The van der Waals surface area contributed by atoms with Crippen LogP contribution in [0.25, 0.3) is 0 Å². The lowest BCUT2D eigenvalue weighted by Gasteiger charge is -2.09. The fourth-order valence-corrected chi connectivity index (χ4v) is 2.75. The van der Waals surface area contributed by atoms with E-state index in [2.05, 4.69) is 10.3 Å². The molecule has 0 spiro atoms. The smallest absolute Gasteiger partial charge is 0.350 e. The van der Waals surface area contributed by atoms with Crippen LogP contribution in [0.4, 0.5) is 5.13 Å². The first-order chi connectivity index (χ1) is 11.5. The number of hydrogen-bond donors (Lipinski definition) is 1. The fourth-order valence-electron chi connectivity index (χ4n) is 1.87. The molecule has 1 heterocycles. The minimum Gasteiger partial charge on any atom is -0.493 e. The van der Waals surface area contributed by atoms with Crippen molar-refractivity contribution in [1.82, 2.24) is 4.98 Å². The Morgan fingerprint density at radius 1 is 1.25 bits per heavy atom. The third kappa shape index (κ3) is 4.45. The predicted molar refractivity (Wildman–Crippen MR) is 89.9 cm³/mol. The minimum atomic E-state index is -0.446. The van der Waals surface area contributed by atoms with E-state index < -0.39 is 5.97 Å². The second-order valence-corrected chi connectivity index (χ2v) is 5.64. The lowest BCUT2D eigenvalue weighted by molar-refractivity contribution is -0.118. The number of carbonyl (C=O) groups is 2. The third-order valence-electron chi connectivity index (χ3n) is 2.93. The number of aromatic nitrogens is 1. The van der Waals surface area contributed by atoms with Crippen LogP contribution in [-0.2, 0) is 9.53 Å². The maximum Gasteiger partial charge on any atom is 0.350 e. The zero-order valence-electron chi connectivity index (χ0n) is 13.6. The number of methoxy groups -OCH3 is 1. The Hall–Kier alpha value is -2.61. The molecule has 0 saturated heterocycles. The van der Waals surface area contributed by atoms with Crippen LogP contribution in [0, 0.1) is 6.92 Å². The molecule has 0 aliphatic carbocycles. The van der Waals surface area contributed by atoms with Gasteiger partial charge in [0, 0.05) is 0 Å². The molecule has 0 saturated carbocycles. The first kappa shape index (κ1) is 17.7. The molecule has 1 amide bonds. The first-order valence-electron chi connectivity index (χ1n) is 7.25. The number of nitrogens with one attached hydrogen (secondary N) is 1. The van der Waals surface area contributed by atoms with Crippen molar-refractivity contribution in [2.75, 3.05) is 25.6 Å². The highest BCUT2D eigenvalue weighted by atomic mass is 32.1. The van der Waals surface area contributed by atoms with E-state index in [0.29, 0.717) is 27.2 Å². The predicted octanol–water partition coefficient (Wildman–Crippen LogP) is 2.65. The van der Waals surface area contributed by atoms with E-state index in [4.69, 9.17) is 14.2 Å². The van der Waals surface area contributed by atoms with Gasteiger partial charge in [-0.25, -0.2) is 9.78 Å². The van der Waals surface area contributed by atoms with Crippen LogP contribution in [0.2, 0.25) is 0 Å². The van der Waals surface area contributed by atoms with Gasteiger partial charge in [-0.2, -0.15) is 0 Å². The van der Waals surface area contributed by atoms with Gasteiger partial charge in [0.15, 0.2) is 23.2 Å². The Balaban J connectivity index is 1.95. The molecule has 0 unspecified atom stereocenters. The highest BCUT2D eigenvalue weighted by molar-refractivity contribution is 7.17. The minimum absolute atomic E-state index is 0.201. The molecule has 0 aliphatic rings. The van der Waals surface area contributed by atoms with Crippen LogP contribution < -0.4 is 14.8 Å². The fraction of sp³-hybridized carbons (Fsp3) is 0.312. The van der Waals surface area contributed by atoms with E-state index in [9.17, 15) is 9.59 Å². The van der Waals surface area contributed by atoms with Crippen molar-refractivity contribution in [3.63, 3.8) is 0 Å². The van der Waals surface area contributed by atoms with Crippen molar-refractivity contribution in [1.29, 1.82) is 0 Å². The number of esters is 1. The van der Waals surface area contributed by atoms with Gasteiger partial charge in [0.05, 0.1) is 19.4 Å². The largest absolute Gasteiger partial charge is 0.493 e. The van der Waals surface area contributed by atoms with Crippen molar-refractivity contribution in [2.45, 2.75) is 13.8 Å². The third-order valence-corrected chi connectivity index (χ3v) is 3.98. The van der Waals surface area contributed by atoms with Gasteiger partial charge in [-0.15, -0.1) is 0 Å². The number of benzene rings is 1. The number of ether oxygens (including phenoxy) is 3. The number of thiazole rings is 1. The summed E-state index contributed by atoms with van der Waals surface area (Å²) < 4.78 is 15.5. The topological polar surface area (TPSA) is 86.8 Å². The standard InChI is InChI=1S/C16H18N2O5S/c1-4-22-15(20)14-10(2)17-16(24-14)18-13(19)9-23-12-8-6-5-7-11(12)21-3/h5-8H,4,9H2,1-3H3,(H,17,18,19). The summed E-state index contributed by atoms with van der Waals surface area (Å²) in [6, 6.07) is 7.04. The molecule has 2 rings (SSSR count). The molecule has 1 N–H and O–H groups in total. The molecule has 1 aromatic heterocycles. The molecule has 0 aliphatic heterocycles. The Morgan fingerprint density at radius 3 is 2.62 bits per heavy atom. The van der Waals surface area contributed by atoms with E-state index in [1.807, 2.05) is 0 Å². The normalized spacial score (nSPS) is 10.1. The molecule has 7 nitrogen and oxygen atoms in total. The maximum absolute atomic E-state index is 12.0. The number of rotatable bonds is 7. The van der Waals surface area contributed by atoms with Crippen LogP contribution >= 0.6 is 11.3 Å². The van der Waals surface area contributed by atoms with Crippen molar-refractivity contribution < 1.29 is 23.8 Å². The van der Waals surface area contributed by atoms with E-state index in [-0.39, 0.29) is 19.1 Å². The summed E-state index contributed by atoms with van der Waals surface area (Å²) in [6.07, 6.45) is 0. The van der Waals surface area contributed by atoms with Crippen LogP contribution in [0.1, 0.15) is 22.3 Å². The van der Waals surface area contributed by atoms with E-state index in [0.717, 1.165) is 11.3 Å². The Labute approximate surface area is 143 Å². The van der Waals surface area contributed by atoms with Crippen molar-refractivity contribution >= 4 is 28.3 Å². The molecule has 0 fully saturated rings. The van der Waals surface area contributed by atoms with Gasteiger partial charge in [0.2, 0.25) is 0 Å². The summed E-state index contributed by atoms with van der Waals surface area (Å²) in [5.41, 5.74) is 0.513. The van der Waals surface area contributed by atoms with Gasteiger partial charge < -0.3 is 14.2 Å². The number of amides is 1. The van der Waals surface area contributed by atoms with Gasteiger partial charge in [0.1, 0.15) is 4.88 Å². The van der Waals surface area contributed by atoms with Gasteiger partial charge >= 0.3 is 5.97 Å². The number of carbonyl (C=O) groups excluding carboxylic acids is 2. The van der Waals surface area contributed by atoms with E-state index >= 15 is 0 Å². The second kappa shape index (κ2) is 8.30. The average Bonchev–Trinajstić information content (AvgIpc) is 2.93. The zero-order chi connectivity index (χ0) is 17.5. The Morgan fingerprint density at radius 2 is 1.96 bits per heavy atom. The number of para-hydroxylation sites is 2. The molecule has 0 bridgehead atoms. The molecule has 24 heavy (non-hydrogen) atoms. The summed E-state index contributed by atoms with van der Waals surface area (Å²) >= 11 is 1.07. The Bertz CT molecular complexity index is 729. The highest BCUT2D eigenvalue weighted by Gasteiger charge is 2.17. The zero-order valence-corrected chi connectivity index (χ0v) is 14.4. The van der Waals surface area contributed by atoms with Crippen LogP contribution in [0.3, 0.4) is 0 Å². The van der Waals surface area contributed by atoms with Crippen molar-refractivity contribution in [3.8, 4) is 11.5 Å². The molecular weight excluding hydrogens is 332 g/mol. The quantitative estimate of drug-likeness (QED) is 0.773. The molecule has 0 radical (unpaired) electrons. The maximum atomic E-state index is 12.0. The van der Waals surface area contributed by atoms with Crippen LogP contribution in [0.5, 0.6) is 11.5 Å². The molecule has 2 aromatic rings. The summed E-state index contributed by atoms with van der Waals surface area (Å²) in [4.78, 5) is 28.2. The van der Waals surface area contributed by atoms with Gasteiger partial charge in [-0.3, -0.25) is 10.1 Å². The summed E-state index contributed by atoms with van der Waals surface area (Å²) in [5.74, 6) is 0.181. The van der Waals surface area contributed by atoms with Crippen molar-refractivity contribution in [2.24, 2.45) is 0 Å². The number of hydrogen-bond acceptors (Lipinski definition) is 7. The summed E-state index contributed by atoms with van der Waals surface area (Å²) in [6.45, 7) is 3.49. The van der Waals surface area contributed by atoms with Gasteiger partial charge in [-0.05, 0) is 26.0 Å². The molecule has 128 valence electrons. The summed E-state index contributed by atoms with van der Waals surface area (Å²) in [7, 11) is 1.53. The van der Waals surface area contributed by atoms with Crippen LogP contribution in [-0.4, -0.2) is 37.2 Å². The Kier molecular flexibility index (Phi) is 6.14. The lowest BCUT2D eigenvalue weighted by Crippen LogP contribution is -2.20. The second-order valence-electron chi connectivity index (χ2n) is 4.64. The molecular formula is C16H18N2O5S. The molecule has 8 heteroatoms. The van der Waals surface area contributed by atoms with Crippen LogP contribution in [0.15, 0.2) is 24.3 Å². The monoisotopic (exact) mass is 350 g/mol. The van der Waals surface area contributed by atoms with Crippen molar-refractivity contribution in [3.05, 3.63) is 34.8 Å². The number of nitrogens with zero attached hydrogens (tertiary/aromatic N) is 1. The highest BCUT2D eigenvalue weighted by Crippen LogP contribution is 2.26. The van der Waals surface area contributed by atoms with E-state index in [1.165, 1.54) is 7.11 Å². The first-order valence-corrected chi connectivity index (χ1v) is 8.07. The van der Waals surface area contributed by atoms with Gasteiger partial charge in [0.25, 0.3) is 5.91 Å². The number of anilines is 1. The lowest BCUT2D eigenvalue weighted by atomic mass is 10.3. The molecule has 1 aromatic carbocycles. The van der Waals surface area contributed by atoms with Gasteiger partial charge in [-0.1, -0.05) is 23.5 Å². The summed E-state index contributed by atoms with van der Waals surface area (Å²) in [5, 5.41) is 2.93. The average molecular weight is 350 g/mol. The SMILES string of the molecule is CCOC(=O)c1sc(NC(=O)COc2ccccc2OC)nc1C. The number of aryl methyl sites for hydroxylation is 1. The molecule has 0 atom stereocenters. The van der Waals surface area contributed by atoms with E-state index in [1.54, 1.807) is 38.1 Å².